The highest BCUT2D eigenvalue weighted by Gasteiger charge is 2.60. The summed E-state index contributed by atoms with van der Waals surface area (Å²) >= 11 is 0. The van der Waals surface area contributed by atoms with Gasteiger partial charge in [-0.3, -0.25) is 4.79 Å². The van der Waals surface area contributed by atoms with Crippen molar-refractivity contribution in [3.8, 4) is 0 Å². The monoisotopic (exact) mass is 469 g/mol. The van der Waals surface area contributed by atoms with Gasteiger partial charge in [-0.15, -0.1) is 0 Å². The molecular formula is C16H12F9NO5. The predicted octanol–water partition coefficient (Wildman–Crippen LogP) is 4.32. The van der Waals surface area contributed by atoms with Gasteiger partial charge in [0.25, 0.3) is 18.0 Å². The normalized spacial score (nSPS) is 13.5. The second kappa shape index (κ2) is 9.34. The second-order valence-corrected chi connectivity index (χ2v) is 5.77. The molecule has 0 atom stereocenters. The van der Waals surface area contributed by atoms with Crippen molar-refractivity contribution in [1.82, 2.24) is 0 Å². The van der Waals surface area contributed by atoms with Crippen LogP contribution in [0.15, 0.2) is 35.8 Å². The first-order valence-corrected chi connectivity index (χ1v) is 7.77. The highest BCUT2D eigenvalue weighted by Crippen LogP contribution is 2.36. The van der Waals surface area contributed by atoms with Crippen molar-refractivity contribution < 1.29 is 63.7 Å². The lowest BCUT2D eigenvalue weighted by atomic mass is 10.2. The lowest BCUT2D eigenvalue weighted by Crippen LogP contribution is -2.46. The van der Waals surface area contributed by atoms with E-state index in [1.165, 1.54) is 24.3 Å². The van der Waals surface area contributed by atoms with E-state index in [-0.39, 0.29) is 5.69 Å². The van der Waals surface area contributed by atoms with Crippen molar-refractivity contribution in [1.29, 1.82) is 0 Å². The number of esters is 1. The molecule has 15 heteroatoms. The Morgan fingerprint density at radius 1 is 0.968 bits per heavy atom. The number of benzene rings is 1. The number of aliphatic hydroxyl groups is 1. The van der Waals surface area contributed by atoms with Crippen LogP contribution in [-0.2, 0) is 19.1 Å². The number of rotatable bonds is 6. The quantitative estimate of drug-likeness (QED) is 0.162. The first-order valence-electron chi connectivity index (χ1n) is 7.77. The summed E-state index contributed by atoms with van der Waals surface area (Å²) in [7, 11) is 0. The van der Waals surface area contributed by atoms with E-state index >= 15 is 0 Å². The van der Waals surface area contributed by atoms with Crippen LogP contribution in [0.1, 0.15) is 5.56 Å². The lowest BCUT2D eigenvalue weighted by Gasteiger charge is -2.23. The average Bonchev–Trinajstić information content (AvgIpc) is 2.57. The first-order chi connectivity index (χ1) is 13.9. The topological polar surface area (TPSA) is 84.9 Å². The van der Waals surface area contributed by atoms with Crippen LogP contribution in [0.4, 0.5) is 45.2 Å². The summed E-state index contributed by atoms with van der Waals surface area (Å²) in [6.45, 7) is -0.713. The largest absolute Gasteiger partial charge is 0.480 e. The van der Waals surface area contributed by atoms with Crippen molar-refractivity contribution in [3.63, 3.8) is 0 Å². The van der Waals surface area contributed by atoms with Gasteiger partial charge in [-0.1, -0.05) is 17.7 Å². The number of alkyl halides is 9. The molecule has 6 nitrogen and oxygen atoms in total. The molecule has 1 aromatic rings. The van der Waals surface area contributed by atoms with Crippen molar-refractivity contribution in [2.45, 2.75) is 31.6 Å². The maximum absolute atomic E-state index is 12.6. The molecule has 0 saturated carbocycles. The Hall–Kier alpha value is -3.13. The Balaban J connectivity index is 3.29. The van der Waals surface area contributed by atoms with E-state index in [4.69, 9.17) is 0 Å². The summed E-state index contributed by atoms with van der Waals surface area (Å²) in [6, 6.07) is 5.14. The fraction of sp³-hybridized carbons (Fsp3) is 0.375. The van der Waals surface area contributed by atoms with Gasteiger partial charge in [-0.2, -0.15) is 39.5 Å². The van der Waals surface area contributed by atoms with Crippen molar-refractivity contribution in [2.24, 2.45) is 0 Å². The number of aryl methyl sites for hydroxylation is 1. The van der Waals surface area contributed by atoms with E-state index in [1.807, 2.05) is 0 Å². The highest BCUT2D eigenvalue weighted by molar-refractivity contribution is 6.21. The van der Waals surface area contributed by atoms with E-state index < -0.39 is 54.6 Å². The summed E-state index contributed by atoms with van der Waals surface area (Å²) in [5, 5.41) is 11.3. The molecule has 0 aromatic heterocycles. The zero-order valence-electron chi connectivity index (χ0n) is 15.1. The van der Waals surface area contributed by atoms with Crippen LogP contribution < -0.4 is 5.32 Å². The molecule has 0 heterocycles. The van der Waals surface area contributed by atoms with Crippen molar-refractivity contribution in [3.05, 3.63) is 41.3 Å². The third-order valence-electron chi connectivity index (χ3n) is 3.15. The molecule has 31 heavy (non-hydrogen) atoms. The molecule has 0 spiro atoms. The molecule has 2 N–H and O–H groups in total. The number of amides is 1. The van der Waals surface area contributed by atoms with Crippen LogP contribution in [0.3, 0.4) is 0 Å². The molecule has 0 unspecified atom stereocenters. The number of carbonyl (C=O) groups is 2. The van der Waals surface area contributed by atoms with Crippen LogP contribution in [0.2, 0.25) is 0 Å². The van der Waals surface area contributed by atoms with Crippen LogP contribution in [0, 0.1) is 6.92 Å². The minimum atomic E-state index is -6.19. The number of aliphatic hydroxyl groups excluding tert-OH is 1. The fourth-order valence-electron chi connectivity index (χ4n) is 1.82. The number of hydrogen-bond acceptors (Lipinski definition) is 5. The Morgan fingerprint density at radius 2 is 1.45 bits per heavy atom. The van der Waals surface area contributed by atoms with Gasteiger partial charge < -0.3 is 19.9 Å². The number of halogens is 9. The van der Waals surface area contributed by atoms with Crippen molar-refractivity contribution >= 4 is 17.6 Å². The molecular weight excluding hydrogens is 457 g/mol. The van der Waals surface area contributed by atoms with Gasteiger partial charge >= 0.3 is 24.5 Å². The third-order valence-corrected chi connectivity index (χ3v) is 3.15. The van der Waals surface area contributed by atoms with Gasteiger partial charge in [0.2, 0.25) is 5.57 Å². The van der Waals surface area contributed by atoms with E-state index in [0.29, 0.717) is 5.56 Å². The van der Waals surface area contributed by atoms with E-state index in [9.17, 15) is 54.2 Å². The average molecular weight is 469 g/mol. The molecule has 0 aliphatic rings. The SMILES string of the molecule is Cc1ccc(NC(=O)/C(C(=O)OC(C(F)(F)F)C(F)(F)F)=C(\O)OCC(F)(F)F)cc1. The van der Waals surface area contributed by atoms with Gasteiger partial charge in [0.15, 0.2) is 6.61 Å². The van der Waals surface area contributed by atoms with Gasteiger partial charge in [0.05, 0.1) is 0 Å². The van der Waals surface area contributed by atoms with Gasteiger partial charge in [-0.05, 0) is 19.1 Å². The first kappa shape index (κ1) is 25.9. The maximum atomic E-state index is 12.6. The number of hydrogen-bond donors (Lipinski definition) is 2. The van der Waals surface area contributed by atoms with Gasteiger partial charge in [0, 0.05) is 5.69 Å². The molecule has 0 aliphatic carbocycles. The van der Waals surface area contributed by atoms with Crippen LogP contribution in [0.25, 0.3) is 0 Å². The molecule has 174 valence electrons. The number of ether oxygens (including phenoxy) is 2. The Bertz CT molecular complexity index is 812. The zero-order chi connectivity index (χ0) is 24.2. The van der Waals surface area contributed by atoms with Crippen LogP contribution >= 0.6 is 0 Å². The van der Waals surface area contributed by atoms with Crippen molar-refractivity contribution in [2.75, 3.05) is 11.9 Å². The van der Waals surface area contributed by atoms with E-state index in [0.717, 1.165) is 0 Å². The zero-order valence-corrected chi connectivity index (χ0v) is 15.1. The van der Waals surface area contributed by atoms with Crippen LogP contribution in [0.5, 0.6) is 0 Å². The molecule has 0 fully saturated rings. The Kier molecular flexibility index (Phi) is 7.81. The summed E-state index contributed by atoms with van der Waals surface area (Å²) in [6.07, 6.45) is -22.2. The van der Waals surface area contributed by atoms with Gasteiger partial charge in [0.1, 0.15) is 0 Å². The summed E-state index contributed by atoms with van der Waals surface area (Å²) in [5.41, 5.74) is -1.57. The Labute approximate surface area is 167 Å². The van der Waals surface area contributed by atoms with E-state index in [1.54, 1.807) is 12.2 Å². The number of anilines is 1. The number of carbonyl (C=O) groups excluding carboxylic acids is 2. The molecule has 1 amide bonds. The maximum Gasteiger partial charge on any atom is 0.434 e. The second-order valence-electron chi connectivity index (χ2n) is 5.77. The smallest absolute Gasteiger partial charge is 0.434 e. The van der Waals surface area contributed by atoms with E-state index in [2.05, 4.69) is 9.47 Å². The fourth-order valence-corrected chi connectivity index (χ4v) is 1.82. The summed E-state index contributed by atoms with van der Waals surface area (Å²) in [4.78, 5) is 24.0. The predicted molar refractivity (Wildman–Crippen MR) is 83.5 cm³/mol. The number of nitrogens with one attached hydrogen (secondary N) is 1. The summed E-state index contributed by atoms with van der Waals surface area (Å²) < 4.78 is 119. The standard InChI is InChI=1S/C16H12F9NO5/c1-7-2-4-8(5-3-7)26-10(27)9(11(28)30-6-14(17,18)19)12(29)31-13(15(20,21)22)16(23,24)25/h2-5,13,28H,6H2,1H3,(H,26,27)/b11-9-. The van der Waals surface area contributed by atoms with Crippen LogP contribution in [-0.4, -0.2) is 48.2 Å². The highest BCUT2D eigenvalue weighted by atomic mass is 19.4. The minimum absolute atomic E-state index is 0.173. The molecule has 0 saturated heterocycles. The molecule has 0 bridgehead atoms. The molecule has 0 radical (unpaired) electrons. The third kappa shape index (κ3) is 8.25. The van der Waals surface area contributed by atoms with Gasteiger partial charge in [-0.25, -0.2) is 4.79 Å². The minimum Gasteiger partial charge on any atom is -0.480 e. The molecule has 1 aromatic carbocycles. The molecule has 0 aliphatic heterocycles. The summed E-state index contributed by atoms with van der Waals surface area (Å²) in [5.74, 6) is -6.82. The Morgan fingerprint density at radius 3 is 1.87 bits per heavy atom. The lowest BCUT2D eigenvalue weighted by molar-refractivity contribution is -0.312. The molecule has 1 rings (SSSR count).